The average molecular weight is 460 g/mol. The van der Waals surface area contributed by atoms with E-state index in [0.29, 0.717) is 29.4 Å². The highest BCUT2D eigenvalue weighted by Crippen LogP contribution is 2.40. The summed E-state index contributed by atoms with van der Waals surface area (Å²) in [4.78, 5) is 4.52. The largest absolute Gasteiger partial charge is 0.497 e. The number of nitriles is 1. The van der Waals surface area contributed by atoms with Crippen LogP contribution >= 0.6 is 0 Å². The lowest BCUT2D eigenvalue weighted by Gasteiger charge is -2.22. The third-order valence-electron chi connectivity index (χ3n) is 6.02. The Labute approximate surface area is 200 Å². The van der Waals surface area contributed by atoms with E-state index in [1.807, 2.05) is 43.3 Å². The Morgan fingerprint density at radius 1 is 0.971 bits per heavy atom. The molecular formula is C27H29N3O4. The van der Waals surface area contributed by atoms with E-state index in [2.05, 4.69) is 11.1 Å². The fourth-order valence-electron chi connectivity index (χ4n) is 4.40. The summed E-state index contributed by atoms with van der Waals surface area (Å²) >= 11 is 0. The number of fused-ring (bicyclic) bond motifs is 1. The van der Waals surface area contributed by atoms with Gasteiger partial charge in [0.1, 0.15) is 35.6 Å². The van der Waals surface area contributed by atoms with Crippen LogP contribution in [-0.4, -0.2) is 25.8 Å². The van der Waals surface area contributed by atoms with Gasteiger partial charge in [0.2, 0.25) is 0 Å². The minimum Gasteiger partial charge on any atom is -0.497 e. The molecule has 0 fully saturated rings. The monoisotopic (exact) mass is 459 g/mol. The van der Waals surface area contributed by atoms with Crippen molar-refractivity contribution in [1.82, 2.24) is 4.98 Å². The fourth-order valence-corrected chi connectivity index (χ4v) is 4.40. The van der Waals surface area contributed by atoms with E-state index in [1.54, 1.807) is 14.2 Å². The van der Waals surface area contributed by atoms with Crippen LogP contribution in [0.2, 0.25) is 0 Å². The van der Waals surface area contributed by atoms with Crippen molar-refractivity contribution in [3.8, 4) is 40.2 Å². The maximum Gasteiger partial charge on any atom is 0.161 e. The van der Waals surface area contributed by atoms with Crippen LogP contribution in [0.25, 0.3) is 11.1 Å². The Morgan fingerprint density at radius 3 is 2.50 bits per heavy atom. The summed E-state index contributed by atoms with van der Waals surface area (Å²) in [6, 6.07) is 13.6. The summed E-state index contributed by atoms with van der Waals surface area (Å²) in [7, 11) is 3.25. The van der Waals surface area contributed by atoms with Gasteiger partial charge in [0, 0.05) is 16.8 Å². The van der Waals surface area contributed by atoms with Gasteiger partial charge in [0.25, 0.3) is 0 Å². The standard InChI is InChI=1S/C27H29N3O4/c1-4-33-25-14-17(26-20-7-5-6-8-22(20)30-27(29)21(26)15-28)9-11-24(25)34-16-18-13-19(31-2)10-12-23(18)32-3/h9-14H,4-8,16H2,1-3H3,(H2,29,30). The molecule has 176 valence electrons. The van der Waals surface area contributed by atoms with Crippen molar-refractivity contribution in [2.45, 2.75) is 39.2 Å². The first-order valence-electron chi connectivity index (χ1n) is 11.4. The first-order chi connectivity index (χ1) is 16.6. The number of methoxy groups -OCH3 is 2. The minimum absolute atomic E-state index is 0.279. The normalized spacial score (nSPS) is 12.4. The number of pyridine rings is 1. The first-order valence-corrected chi connectivity index (χ1v) is 11.4. The van der Waals surface area contributed by atoms with Crippen molar-refractivity contribution in [2.75, 3.05) is 26.6 Å². The van der Waals surface area contributed by atoms with E-state index < -0.39 is 0 Å². The zero-order valence-electron chi connectivity index (χ0n) is 19.8. The molecule has 1 aliphatic rings. The zero-order valence-corrected chi connectivity index (χ0v) is 19.8. The van der Waals surface area contributed by atoms with Crippen molar-refractivity contribution in [2.24, 2.45) is 0 Å². The van der Waals surface area contributed by atoms with Crippen LogP contribution in [0, 0.1) is 11.3 Å². The summed E-state index contributed by atoms with van der Waals surface area (Å²) in [5, 5.41) is 9.84. The summed E-state index contributed by atoms with van der Waals surface area (Å²) in [6.07, 6.45) is 3.90. The van der Waals surface area contributed by atoms with Crippen molar-refractivity contribution >= 4 is 5.82 Å². The molecule has 0 unspecified atom stereocenters. The molecule has 0 spiro atoms. The van der Waals surface area contributed by atoms with Crippen LogP contribution in [-0.2, 0) is 19.4 Å². The average Bonchev–Trinajstić information content (AvgIpc) is 2.87. The van der Waals surface area contributed by atoms with E-state index in [-0.39, 0.29) is 12.4 Å². The molecule has 0 radical (unpaired) electrons. The third kappa shape index (κ3) is 4.58. The molecular weight excluding hydrogens is 430 g/mol. The molecule has 1 aliphatic carbocycles. The quantitative estimate of drug-likeness (QED) is 0.502. The van der Waals surface area contributed by atoms with Gasteiger partial charge in [-0.3, -0.25) is 0 Å². The lowest BCUT2D eigenvalue weighted by atomic mass is 9.86. The lowest BCUT2D eigenvalue weighted by molar-refractivity contribution is 0.264. The van der Waals surface area contributed by atoms with Gasteiger partial charge in [0.15, 0.2) is 11.5 Å². The first kappa shape index (κ1) is 23.2. The summed E-state index contributed by atoms with van der Waals surface area (Å²) in [5.41, 5.74) is 11.3. The van der Waals surface area contributed by atoms with Crippen molar-refractivity contribution in [3.63, 3.8) is 0 Å². The zero-order chi connectivity index (χ0) is 24.1. The van der Waals surface area contributed by atoms with Gasteiger partial charge in [-0.1, -0.05) is 6.07 Å². The molecule has 2 N–H and O–H groups in total. The fraction of sp³-hybridized carbons (Fsp3) is 0.333. The maximum absolute atomic E-state index is 9.84. The van der Waals surface area contributed by atoms with Gasteiger partial charge in [0.05, 0.1) is 20.8 Å². The molecule has 34 heavy (non-hydrogen) atoms. The summed E-state index contributed by atoms with van der Waals surface area (Å²) in [6.45, 7) is 2.68. The molecule has 7 nitrogen and oxygen atoms in total. The van der Waals surface area contributed by atoms with Crippen molar-refractivity contribution < 1.29 is 18.9 Å². The number of nitrogens with two attached hydrogens (primary N) is 1. The number of ether oxygens (including phenoxy) is 4. The highest BCUT2D eigenvalue weighted by molar-refractivity contribution is 5.80. The van der Waals surface area contributed by atoms with E-state index in [4.69, 9.17) is 24.7 Å². The number of hydrogen-bond acceptors (Lipinski definition) is 7. The molecule has 7 heteroatoms. The Balaban J connectivity index is 1.72. The second-order valence-electron chi connectivity index (χ2n) is 8.05. The highest BCUT2D eigenvalue weighted by Gasteiger charge is 2.23. The molecule has 0 saturated carbocycles. The van der Waals surface area contributed by atoms with Gasteiger partial charge >= 0.3 is 0 Å². The van der Waals surface area contributed by atoms with Gasteiger partial charge in [-0.05, 0) is 74.1 Å². The summed E-state index contributed by atoms with van der Waals surface area (Å²) in [5.74, 6) is 2.92. The highest BCUT2D eigenvalue weighted by atomic mass is 16.5. The molecule has 1 aromatic heterocycles. The SMILES string of the molecule is CCOc1cc(-c2c(C#N)c(N)nc3c2CCCC3)ccc1OCc1cc(OC)ccc1OC. The van der Waals surface area contributed by atoms with E-state index in [9.17, 15) is 5.26 Å². The second-order valence-corrected chi connectivity index (χ2v) is 8.05. The van der Waals surface area contributed by atoms with Crippen molar-refractivity contribution in [3.05, 3.63) is 58.8 Å². The molecule has 0 amide bonds. The molecule has 0 bridgehead atoms. The van der Waals surface area contributed by atoms with Crippen LogP contribution < -0.4 is 24.7 Å². The number of hydrogen-bond donors (Lipinski definition) is 1. The van der Waals surface area contributed by atoms with Gasteiger partial charge in [-0.15, -0.1) is 0 Å². The Morgan fingerprint density at radius 2 is 1.76 bits per heavy atom. The Bertz CT molecular complexity index is 1230. The number of aromatic nitrogens is 1. The smallest absolute Gasteiger partial charge is 0.161 e. The topological polar surface area (TPSA) is 99.6 Å². The lowest BCUT2D eigenvalue weighted by Crippen LogP contribution is -2.12. The molecule has 0 aliphatic heterocycles. The Kier molecular flexibility index (Phi) is 7.07. The molecule has 0 atom stereocenters. The molecule has 3 aromatic rings. The number of nitrogens with zero attached hydrogens (tertiary/aromatic N) is 2. The molecule has 0 saturated heterocycles. The predicted octanol–water partition coefficient (Wildman–Crippen LogP) is 5.08. The van der Waals surface area contributed by atoms with Crippen LogP contribution in [0.5, 0.6) is 23.0 Å². The van der Waals surface area contributed by atoms with Crippen LogP contribution in [0.4, 0.5) is 5.82 Å². The van der Waals surface area contributed by atoms with Gasteiger partial charge in [-0.2, -0.15) is 5.26 Å². The van der Waals surface area contributed by atoms with E-state index in [0.717, 1.165) is 59.4 Å². The van der Waals surface area contributed by atoms with Crippen LogP contribution in [0.15, 0.2) is 36.4 Å². The molecule has 1 heterocycles. The number of benzene rings is 2. The molecule has 2 aromatic carbocycles. The number of aryl methyl sites for hydroxylation is 1. The molecule has 4 rings (SSSR count). The van der Waals surface area contributed by atoms with Crippen molar-refractivity contribution in [1.29, 1.82) is 5.26 Å². The third-order valence-corrected chi connectivity index (χ3v) is 6.02. The van der Waals surface area contributed by atoms with Crippen LogP contribution in [0.3, 0.4) is 0 Å². The number of nitrogen functional groups attached to an aromatic ring is 1. The van der Waals surface area contributed by atoms with Crippen LogP contribution in [0.1, 0.15) is 42.1 Å². The van der Waals surface area contributed by atoms with Gasteiger partial charge < -0.3 is 24.7 Å². The second kappa shape index (κ2) is 10.3. The van der Waals surface area contributed by atoms with E-state index in [1.165, 1.54) is 0 Å². The predicted molar refractivity (Wildman–Crippen MR) is 130 cm³/mol. The van der Waals surface area contributed by atoms with E-state index >= 15 is 0 Å². The number of anilines is 1. The summed E-state index contributed by atoms with van der Waals surface area (Å²) < 4.78 is 22.9. The van der Waals surface area contributed by atoms with Gasteiger partial charge in [-0.25, -0.2) is 4.98 Å². The number of rotatable bonds is 8. The minimum atomic E-state index is 0.279. The Hall–Kier alpha value is -3.92. The maximum atomic E-state index is 9.84.